The van der Waals surface area contributed by atoms with E-state index in [2.05, 4.69) is 21.2 Å². The maximum absolute atomic E-state index is 12.5. The number of benzene rings is 1. The molecule has 0 aliphatic carbocycles. The first kappa shape index (κ1) is 16.1. The average Bonchev–Trinajstić information content (AvgIpc) is 2.21. The third-order valence-electron chi connectivity index (χ3n) is 2.19. The van der Waals surface area contributed by atoms with E-state index in [9.17, 15) is 26.3 Å². The van der Waals surface area contributed by atoms with E-state index >= 15 is 0 Å². The highest BCUT2D eigenvalue weighted by molar-refractivity contribution is 9.10. The molecule has 0 atom stereocenters. The lowest BCUT2D eigenvalue weighted by atomic mass is 10.2. The molecule has 108 valence electrons. The minimum atomic E-state index is -4.49. The second-order valence-corrected chi connectivity index (χ2v) is 4.79. The van der Waals surface area contributed by atoms with Crippen LogP contribution in [0.3, 0.4) is 0 Å². The van der Waals surface area contributed by atoms with Gasteiger partial charge in [0, 0.05) is 23.1 Å². The Morgan fingerprint density at radius 2 is 1.63 bits per heavy atom. The van der Waals surface area contributed by atoms with E-state index in [1.165, 1.54) is 6.07 Å². The summed E-state index contributed by atoms with van der Waals surface area (Å²) in [5, 5.41) is 2.54. The Kier molecular flexibility index (Phi) is 5.11. The zero-order valence-corrected chi connectivity index (χ0v) is 11.1. The van der Waals surface area contributed by atoms with Gasteiger partial charge in [-0.1, -0.05) is 15.9 Å². The minimum Gasteiger partial charge on any atom is -0.385 e. The molecule has 0 saturated carbocycles. The van der Waals surface area contributed by atoms with Crippen LogP contribution in [-0.4, -0.2) is 12.7 Å². The number of anilines is 1. The standard InChI is InChI=1S/C11H10BrF6N/c12-8-4-7(11(16,17)18)5-9(6-8)19-3-1-2-10(13,14)15/h4-6,19H,1-3H2. The van der Waals surface area contributed by atoms with E-state index in [-0.39, 0.29) is 23.1 Å². The molecule has 0 aromatic heterocycles. The molecule has 0 bridgehead atoms. The van der Waals surface area contributed by atoms with E-state index in [4.69, 9.17) is 0 Å². The summed E-state index contributed by atoms with van der Waals surface area (Å²) in [6.07, 6.45) is -9.92. The number of rotatable bonds is 4. The van der Waals surface area contributed by atoms with Gasteiger partial charge in [0.25, 0.3) is 0 Å². The van der Waals surface area contributed by atoms with Gasteiger partial charge in [-0.25, -0.2) is 0 Å². The third-order valence-corrected chi connectivity index (χ3v) is 2.65. The molecule has 0 fully saturated rings. The van der Waals surface area contributed by atoms with Gasteiger partial charge in [-0.15, -0.1) is 0 Å². The van der Waals surface area contributed by atoms with Gasteiger partial charge < -0.3 is 5.32 Å². The molecule has 1 rings (SSSR count). The first-order chi connectivity index (χ1) is 8.58. The van der Waals surface area contributed by atoms with E-state index in [1.54, 1.807) is 0 Å². The SMILES string of the molecule is FC(F)(F)CCCNc1cc(Br)cc(C(F)(F)F)c1. The van der Waals surface area contributed by atoms with Gasteiger partial charge in [-0.2, -0.15) is 26.3 Å². The Morgan fingerprint density at radius 1 is 1.00 bits per heavy atom. The molecule has 0 spiro atoms. The van der Waals surface area contributed by atoms with Crippen molar-refractivity contribution in [3.05, 3.63) is 28.2 Å². The van der Waals surface area contributed by atoms with Crippen LogP contribution in [0.1, 0.15) is 18.4 Å². The second-order valence-electron chi connectivity index (χ2n) is 3.87. The maximum Gasteiger partial charge on any atom is 0.416 e. The summed E-state index contributed by atoms with van der Waals surface area (Å²) in [4.78, 5) is 0. The van der Waals surface area contributed by atoms with Gasteiger partial charge in [-0.3, -0.25) is 0 Å². The highest BCUT2D eigenvalue weighted by atomic mass is 79.9. The fourth-order valence-electron chi connectivity index (χ4n) is 1.38. The molecule has 1 nitrogen and oxygen atoms in total. The van der Waals surface area contributed by atoms with Crippen molar-refractivity contribution in [1.29, 1.82) is 0 Å². The maximum atomic E-state index is 12.5. The van der Waals surface area contributed by atoms with Crippen molar-refractivity contribution in [2.45, 2.75) is 25.2 Å². The van der Waals surface area contributed by atoms with Crippen molar-refractivity contribution in [3.63, 3.8) is 0 Å². The van der Waals surface area contributed by atoms with Gasteiger partial charge in [0.2, 0.25) is 0 Å². The molecule has 8 heteroatoms. The molecular weight excluding hydrogens is 340 g/mol. The zero-order valence-electron chi connectivity index (χ0n) is 9.50. The summed E-state index contributed by atoms with van der Waals surface area (Å²) in [7, 11) is 0. The van der Waals surface area contributed by atoms with Gasteiger partial charge in [0.1, 0.15) is 0 Å². The normalized spacial score (nSPS) is 12.6. The van der Waals surface area contributed by atoms with E-state index in [1.807, 2.05) is 0 Å². The third kappa shape index (κ3) is 6.17. The van der Waals surface area contributed by atoms with Crippen LogP contribution in [-0.2, 0) is 6.18 Å². The first-order valence-electron chi connectivity index (χ1n) is 5.26. The van der Waals surface area contributed by atoms with Gasteiger partial charge >= 0.3 is 12.4 Å². The highest BCUT2D eigenvalue weighted by Gasteiger charge is 2.31. The van der Waals surface area contributed by atoms with Gasteiger partial charge in [0.15, 0.2) is 0 Å². The van der Waals surface area contributed by atoms with Crippen molar-refractivity contribution >= 4 is 21.6 Å². The number of hydrogen-bond acceptors (Lipinski definition) is 1. The molecule has 0 heterocycles. The molecule has 1 N–H and O–H groups in total. The van der Waals surface area contributed by atoms with E-state index < -0.39 is 24.3 Å². The highest BCUT2D eigenvalue weighted by Crippen LogP contribution is 2.33. The minimum absolute atomic E-state index is 0.0484. The fourth-order valence-corrected chi connectivity index (χ4v) is 1.87. The van der Waals surface area contributed by atoms with Crippen molar-refractivity contribution in [2.75, 3.05) is 11.9 Å². The van der Waals surface area contributed by atoms with E-state index in [0.29, 0.717) is 0 Å². The molecule has 1 aromatic rings. The van der Waals surface area contributed by atoms with Crippen molar-refractivity contribution in [3.8, 4) is 0 Å². The largest absolute Gasteiger partial charge is 0.416 e. The van der Waals surface area contributed by atoms with Crippen LogP contribution in [0.15, 0.2) is 22.7 Å². The van der Waals surface area contributed by atoms with Crippen LogP contribution < -0.4 is 5.32 Å². The van der Waals surface area contributed by atoms with Crippen LogP contribution in [0.2, 0.25) is 0 Å². The Hall–Kier alpha value is -0.920. The predicted octanol–water partition coefficient (Wildman–Crippen LogP) is 5.22. The summed E-state index contributed by atoms with van der Waals surface area (Å²) in [6.45, 7) is -0.0484. The number of halogens is 7. The molecule has 0 radical (unpaired) electrons. The van der Waals surface area contributed by atoms with Crippen LogP contribution in [0.4, 0.5) is 32.0 Å². The van der Waals surface area contributed by atoms with Gasteiger partial charge in [0.05, 0.1) is 5.56 Å². The smallest absolute Gasteiger partial charge is 0.385 e. The average molecular weight is 350 g/mol. The van der Waals surface area contributed by atoms with Crippen LogP contribution >= 0.6 is 15.9 Å². The molecule has 0 saturated heterocycles. The zero-order chi connectivity index (χ0) is 14.7. The molecule has 0 amide bonds. The molecule has 0 aliphatic heterocycles. The lowest BCUT2D eigenvalue weighted by molar-refractivity contribution is -0.137. The van der Waals surface area contributed by atoms with Gasteiger partial charge in [-0.05, 0) is 24.6 Å². The quantitative estimate of drug-likeness (QED) is 0.580. The van der Waals surface area contributed by atoms with Crippen molar-refractivity contribution in [1.82, 2.24) is 0 Å². The van der Waals surface area contributed by atoms with Crippen LogP contribution in [0, 0.1) is 0 Å². The summed E-state index contributed by atoms with van der Waals surface area (Å²) in [6, 6.07) is 3.14. The predicted molar refractivity (Wildman–Crippen MR) is 62.9 cm³/mol. The van der Waals surface area contributed by atoms with Crippen LogP contribution in [0.25, 0.3) is 0 Å². The summed E-state index contributed by atoms with van der Waals surface area (Å²) >= 11 is 2.93. The molecule has 19 heavy (non-hydrogen) atoms. The number of nitrogens with one attached hydrogen (secondary N) is 1. The number of alkyl halides is 6. The molecule has 0 unspecified atom stereocenters. The topological polar surface area (TPSA) is 12.0 Å². The summed E-state index contributed by atoms with van der Waals surface area (Å²) in [5.41, 5.74) is -0.732. The Bertz CT molecular complexity index is 426. The summed E-state index contributed by atoms with van der Waals surface area (Å²) in [5.74, 6) is 0. The Balaban J connectivity index is 2.62. The lowest BCUT2D eigenvalue weighted by Gasteiger charge is -2.12. The fraction of sp³-hybridized carbons (Fsp3) is 0.455. The lowest BCUT2D eigenvalue weighted by Crippen LogP contribution is -2.11. The number of hydrogen-bond donors (Lipinski definition) is 1. The Labute approximate surface area is 114 Å². The van der Waals surface area contributed by atoms with Crippen molar-refractivity contribution in [2.24, 2.45) is 0 Å². The van der Waals surface area contributed by atoms with E-state index in [0.717, 1.165) is 12.1 Å². The Morgan fingerprint density at radius 3 is 2.16 bits per heavy atom. The molecule has 0 aliphatic rings. The first-order valence-corrected chi connectivity index (χ1v) is 6.06. The van der Waals surface area contributed by atoms with Crippen LogP contribution in [0.5, 0.6) is 0 Å². The second kappa shape index (κ2) is 6.02. The van der Waals surface area contributed by atoms with Crippen molar-refractivity contribution < 1.29 is 26.3 Å². The molecule has 1 aromatic carbocycles. The summed E-state index contributed by atoms with van der Waals surface area (Å²) < 4.78 is 73.3. The molecular formula is C11H10BrF6N. The monoisotopic (exact) mass is 349 g/mol.